The highest BCUT2D eigenvalue weighted by molar-refractivity contribution is 8.01. The van der Waals surface area contributed by atoms with E-state index in [9.17, 15) is 9.59 Å². The number of hydrogen-bond acceptors (Lipinski definition) is 7. The molecule has 1 heterocycles. The maximum absolute atomic E-state index is 12.3. The van der Waals surface area contributed by atoms with Crippen LogP contribution in [0, 0.1) is 6.92 Å². The Labute approximate surface area is 160 Å². The molecule has 0 atom stereocenters. The second kappa shape index (κ2) is 9.54. The third-order valence-electron chi connectivity index (χ3n) is 3.41. The quantitative estimate of drug-likeness (QED) is 0.538. The summed E-state index contributed by atoms with van der Waals surface area (Å²) >= 11 is 2.47. The number of para-hydroxylation sites is 1. The largest absolute Gasteiger partial charge is 0.450 e. The second-order valence-electron chi connectivity index (χ2n) is 5.75. The molecule has 9 heteroatoms. The molecule has 0 aliphatic rings. The van der Waals surface area contributed by atoms with Crippen LogP contribution in [0.4, 0.5) is 15.6 Å². The van der Waals surface area contributed by atoms with Crippen molar-refractivity contribution >= 4 is 45.9 Å². The average Bonchev–Trinajstić information content (AvgIpc) is 3.02. The predicted molar refractivity (Wildman–Crippen MR) is 105 cm³/mol. The first kappa shape index (κ1) is 20.2. The lowest BCUT2D eigenvalue weighted by atomic mass is 9.98. The van der Waals surface area contributed by atoms with Gasteiger partial charge in [0.05, 0.1) is 12.4 Å². The van der Waals surface area contributed by atoms with E-state index in [1.165, 1.54) is 23.1 Å². The summed E-state index contributed by atoms with van der Waals surface area (Å²) in [6.07, 6.45) is -0.571. The summed E-state index contributed by atoms with van der Waals surface area (Å²) in [5.41, 5.74) is 3.02. The van der Waals surface area contributed by atoms with E-state index in [1.54, 1.807) is 6.92 Å². The van der Waals surface area contributed by atoms with Gasteiger partial charge < -0.3 is 10.1 Å². The van der Waals surface area contributed by atoms with Crippen molar-refractivity contribution in [3.05, 3.63) is 29.3 Å². The number of carbonyl (C=O) groups is 2. The fraction of sp³-hybridized carbons (Fsp3) is 0.412. The number of carbonyl (C=O) groups excluding carboxylic acids is 2. The van der Waals surface area contributed by atoms with Crippen molar-refractivity contribution in [3.8, 4) is 0 Å². The SMILES string of the molecule is CCOC(=O)Nc1nnc(SCC(=O)Nc2c(C)cccc2C(C)C)s1. The van der Waals surface area contributed by atoms with Crippen molar-refractivity contribution in [2.24, 2.45) is 0 Å². The third kappa shape index (κ3) is 5.70. The first-order valence-electron chi connectivity index (χ1n) is 8.20. The molecule has 0 aliphatic heterocycles. The summed E-state index contributed by atoms with van der Waals surface area (Å²) < 4.78 is 5.38. The van der Waals surface area contributed by atoms with Crippen molar-refractivity contribution in [1.29, 1.82) is 0 Å². The highest BCUT2D eigenvalue weighted by atomic mass is 32.2. The molecule has 7 nitrogen and oxygen atoms in total. The van der Waals surface area contributed by atoms with Gasteiger partial charge in [0.15, 0.2) is 4.34 Å². The van der Waals surface area contributed by atoms with Crippen LogP contribution in [0.5, 0.6) is 0 Å². The Morgan fingerprint density at radius 2 is 2.04 bits per heavy atom. The number of aromatic nitrogens is 2. The number of rotatable bonds is 7. The summed E-state index contributed by atoms with van der Waals surface area (Å²) in [6, 6.07) is 6.00. The van der Waals surface area contributed by atoms with E-state index < -0.39 is 6.09 Å². The second-order valence-corrected chi connectivity index (χ2v) is 7.95. The summed E-state index contributed by atoms with van der Waals surface area (Å²) in [4.78, 5) is 23.7. The van der Waals surface area contributed by atoms with Gasteiger partial charge in [-0.3, -0.25) is 10.1 Å². The summed E-state index contributed by atoms with van der Waals surface area (Å²) in [5, 5.41) is 13.6. The third-order valence-corrected chi connectivity index (χ3v) is 5.38. The van der Waals surface area contributed by atoms with Crippen molar-refractivity contribution in [2.75, 3.05) is 23.0 Å². The zero-order chi connectivity index (χ0) is 19.1. The smallest absolute Gasteiger partial charge is 0.413 e. The van der Waals surface area contributed by atoms with Crippen LogP contribution in [0.3, 0.4) is 0 Å². The molecule has 2 amide bonds. The van der Waals surface area contributed by atoms with Crippen LogP contribution in [0.1, 0.15) is 37.8 Å². The maximum Gasteiger partial charge on any atom is 0.413 e. The number of aryl methyl sites for hydroxylation is 1. The maximum atomic E-state index is 12.3. The number of benzene rings is 1. The van der Waals surface area contributed by atoms with Crippen LogP contribution in [0.2, 0.25) is 0 Å². The lowest BCUT2D eigenvalue weighted by molar-refractivity contribution is -0.113. The van der Waals surface area contributed by atoms with E-state index in [4.69, 9.17) is 4.74 Å². The lowest BCUT2D eigenvalue weighted by Gasteiger charge is -2.16. The minimum absolute atomic E-state index is 0.110. The fourth-order valence-corrected chi connectivity index (χ4v) is 3.76. The first-order chi connectivity index (χ1) is 12.4. The highest BCUT2D eigenvalue weighted by Crippen LogP contribution is 2.29. The van der Waals surface area contributed by atoms with E-state index in [-0.39, 0.29) is 18.3 Å². The van der Waals surface area contributed by atoms with Gasteiger partial charge in [-0.1, -0.05) is 55.1 Å². The van der Waals surface area contributed by atoms with Crippen molar-refractivity contribution in [1.82, 2.24) is 10.2 Å². The minimum atomic E-state index is -0.571. The van der Waals surface area contributed by atoms with Gasteiger partial charge in [-0.25, -0.2) is 4.79 Å². The van der Waals surface area contributed by atoms with Crippen molar-refractivity contribution < 1.29 is 14.3 Å². The number of anilines is 2. The molecular weight excluding hydrogens is 372 g/mol. The molecule has 0 bridgehead atoms. The van der Waals surface area contributed by atoms with E-state index in [2.05, 4.69) is 34.7 Å². The van der Waals surface area contributed by atoms with Crippen molar-refractivity contribution in [2.45, 2.75) is 38.0 Å². The number of nitrogens with zero attached hydrogens (tertiary/aromatic N) is 2. The molecular formula is C17H22N4O3S2. The van der Waals surface area contributed by atoms with Gasteiger partial charge in [0.2, 0.25) is 11.0 Å². The summed E-state index contributed by atoms with van der Waals surface area (Å²) in [7, 11) is 0. The van der Waals surface area contributed by atoms with E-state index in [1.807, 2.05) is 25.1 Å². The molecule has 2 rings (SSSR count). The molecule has 0 saturated carbocycles. The lowest BCUT2D eigenvalue weighted by Crippen LogP contribution is -2.16. The Balaban J connectivity index is 1.92. The highest BCUT2D eigenvalue weighted by Gasteiger charge is 2.14. The molecule has 0 unspecified atom stereocenters. The number of thioether (sulfide) groups is 1. The van der Waals surface area contributed by atoms with Crippen molar-refractivity contribution in [3.63, 3.8) is 0 Å². The van der Waals surface area contributed by atoms with Gasteiger partial charge in [-0.15, -0.1) is 10.2 Å². The number of amides is 2. The Morgan fingerprint density at radius 1 is 1.27 bits per heavy atom. The van der Waals surface area contributed by atoms with Gasteiger partial charge in [0.1, 0.15) is 0 Å². The molecule has 0 aliphatic carbocycles. The van der Waals surface area contributed by atoms with Gasteiger partial charge >= 0.3 is 6.09 Å². The molecule has 1 aromatic heterocycles. The number of hydrogen-bond donors (Lipinski definition) is 2. The molecule has 2 aromatic rings. The zero-order valence-electron chi connectivity index (χ0n) is 15.2. The monoisotopic (exact) mass is 394 g/mol. The number of ether oxygens (including phenoxy) is 1. The van der Waals surface area contributed by atoms with Crippen LogP contribution in [0.25, 0.3) is 0 Å². The molecule has 26 heavy (non-hydrogen) atoms. The van der Waals surface area contributed by atoms with Crippen LogP contribution in [-0.4, -0.2) is 34.6 Å². The van der Waals surface area contributed by atoms with Crippen LogP contribution in [-0.2, 0) is 9.53 Å². The normalized spacial score (nSPS) is 10.7. The summed E-state index contributed by atoms with van der Waals surface area (Å²) in [5.74, 6) is 0.415. The number of nitrogens with one attached hydrogen (secondary N) is 2. The van der Waals surface area contributed by atoms with E-state index in [0.29, 0.717) is 15.4 Å². The Morgan fingerprint density at radius 3 is 2.73 bits per heavy atom. The molecule has 0 saturated heterocycles. The van der Waals surface area contributed by atoms with Crippen LogP contribution < -0.4 is 10.6 Å². The zero-order valence-corrected chi connectivity index (χ0v) is 16.8. The fourth-order valence-electron chi connectivity index (χ4n) is 2.22. The molecule has 1 aromatic carbocycles. The standard InChI is InChI=1S/C17H22N4O3S2/c1-5-24-16(23)19-15-20-21-17(26-15)25-9-13(22)18-14-11(4)7-6-8-12(14)10(2)3/h6-8,10H,5,9H2,1-4H3,(H,18,22)(H,19,20,23). The molecule has 0 spiro atoms. The predicted octanol–water partition coefficient (Wildman–Crippen LogP) is 4.27. The molecule has 2 N–H and O–H groups in total. The van der Waals surface area contributed by atoms with E-state index in [0.717, 1.165) is 16.8 Å². The van der Waals surface area contributed by atoms with Crippen LogP contribution >= 0.6 is 23.1 Å². The summed E-state index contributed by atoms with van der Waals surface area (Å²) in [6.45, 7) is 8.17. The molecule has 0 radical (unpaired) electrons. The van der Waals surface area contributed by atoms with Gasteiger partial charge in [-0.2, -0.15) is 0 Å². The van der Waals surface area contributed by atoms with Gasteiger partial charge in [-0.05, 0) is 30.9 Å². The minimum Gasteiger partial charge on any atom is -0.450 e. The Bertz CT molecular complexity index is 777. The van der Waals surface area contributed by atoms with Gasteiger partial charge in [0, 0.05) is 5.69 Å². The topological polar surface area (TPSA) is 93.2 Å². The van der Waals surface area contributed by atoms with Gasteiger partial charge in [0.25, 0.3) is 0 Å². The Hall–Kier alpha value is -2.13. The average molecular weight is 395 g/mol. The Kier molecular flexibility index (Phi) is 7.40. The molecule has 140 valence electrons. The van der Waals surface area contributed by atoms with Crippen LogP contribution in [0.15, 0.2) is 22.5 Å². The first-order valence-corrected chi connectivity index (χ1v) is 10.00. The van der Waals surface area contributed by atoms with E-state index >= 15 is 0 Å². The molecule has 0 fully saturated rings.